The van der Waals surface area contributed by atoms with E-state index in [0.29, 0.717) is 25.9 Å². The fourth-order valence-corrected chi connectivity index (χ4v) is 13.3. The smallest absolute Gasteiger partial charge is 0.305 e. The van der Waals surface area contributed by atoms with Gasteiger partial charge in [0.15, 0.2) is 0 Å². The third kappa shape index (κ3) is 75.3. The maximum Gasteiger partial charge on any atom is 0.305 e. The molecule has 2 atom stereocenters. The number of nitrogens with one attached hydrogen (secondary N) is 1. The van der Waals surface area contributed by atoms with Gasteiger partial charge in [-0.2, -0.15) is 0 Å². The van der Waals surface area contributed by atoms with Crippen molar-refractivity contribution >= 4 is 11.9 Å². The molecule has 89 heavy (non-hydrogen) atoms. The number of carbonyl (C=O) groups is 2. The highest BCUT2D eigenvalue weighted by atomic mass is 16.5. The van der Waals surface area contributed by atoms with E-state index in [0.717, 1.165) is 44.9 Å². The molecule has 0 fully saturated rings. The van der Waals surface area contributed by atoms with E-state index in [1.807, 2.05) is 0 Å². The minimum absolute atomic E-state index is 0.0227. The van der Waals surface area contributed by atoms with Crippen molar-refractivity contribution in [1.82, 2.24) is 5.32 Å². The van der Waals surface area contributed by atoms with Crippen molar-refractivity contribution in [3.63, 3.8) is 0 Å². The molecular formula is C83H161NO5. The Balaban J connectivity index is 3.35. The molecule has 0 aliphatic rings. The molecule has 3 N–H and O–H groups in total. The molecule has 0 aromatic heterocycles. The topological polar surface area (TPSA) is 95.9 Å². The van der Waals surface area contributed by atoms with E-state index >= 15 is 0 Å². The van der Waals surface area contributed by atoms with Crippen LogP contribution in [0, 0.1) is 0 Å². The number of hydrogen-bond donors (Lipinski definition) is 3. The number of carbonyl (C=O) groups excluding carboxylic acids is 2. The summed E-state index contributed by atoms with van der Waals surface area (Å²) in [5.74, 6) is -0.00426. The molecular weight excluding hydrogens is 1090 g/mol. The first-order chi connectivity index (χ1) is 44.0. The van der Waals surface area contributed by atoms with Gasteiger partial charge in [-0.1, -0.05) is 423 Å². The Morgan fingerprint density at radius 2 is 0.562 bits per heavy atom. The minimum Gasteiger partial charge on any atom is -0.466 e. The second kappa shape index (κ2) is 78.8. The zero-order chi connectivity index (χ0) is 64.2. The van der Waals surface area contributed by atoms with Gasteiger partial charge in [-0.15, -0.1) is 0 Å². The van der Waals surface area contributed by atoms with Crippen LogP contribution in [0.15, 0.2) is 24.3 Å². The predicted molar refractivity (Wildman–Crippen MR) is 393 cm³/mol. The van der Waals surface area contributed by atoms with Gasteiger partial charge in [-0.25, -0.2) is 0 Å². The summed E-state index contributed by atoms with van der Waals surface area (Å²) in [7, 11) is 0. The van der Waals surface area contributed by atoms with Gasteiger partial charge in [0.05, 0.1) is 25.4 Å². The summed E-state index contributed by atoms with van der Waals surface area (Å²) in [6.45, 7) is 5.01. The Labute approximate surface area is 558 Å². The van der Waals surface area contributed by atoms with Gasteiger partial charge in [0.1, 0.15) is 0 Å². The van der Waals surface area contributed by atoms with Crippen molar-refractivity contribution in [2.24, 2.45) is 0 Å². The summed E-state index contributed by atoms with van der Waals surface area (Å²) in [6.07, 6.45) is 101. The highest BCUT2D eigenvalue weighted by molar-refractivity contribution is 5.76. The van der Waals surface area contributed by atoms with Crippen LogP contribution in [0.25, 0.3) is 0 Å². The minimum atomic E-state index is -0.663. The Kier molecular flexibility index (Phi) is 77.3. The van der Waals surface area contributed by atoms with Crippen LogP contribution in [-0.4, -0.2) is 47.4 Å². The second-order valence-electron chi connectivity index (χ2n) is 28.5. The van der Waals surface area contributed by atoms with E-state index in [-0.39, 0.29) is 18.5 Å². The third-order valence-electron chi connectivity index (χ3n) is 19.5. The van der Waals surface area contributed by atoms with Crippen LogP contribution < -0.4 is 5.32 Å². The van der Waals surface area contributed by atoms with E-state index in [1.54, 1.807) is 0 Å². The third-order valence-corrected chi connectivity index (χ3v) is 19.5. The summed E-state index contributed by atoms with van der Waals surface area (Å²) in [4.78, 5) is 24.7. The first kappa shape index (κ1) is 87.3. The number of aliphatic hydroxyl groups is 2. The van der Waals surface area contributed by atoms with Crippen LogP contribution in [0.1, 0.15) is 470 Å². The number of hydrogen-bond acceptors (Lipinski definition) is 5. The van der Waals surface area contributed by atoms with Crippen molar-refractivity contribution in [1.29, 1.82) is 0 Å². The van der Waals surface area contributed by atoms with Crippen molar-refractivity contribution in [2.75, 3.05) is 13.2 Å². The molecule has 0 rings (SSSR count). The molecule has 0 aromatic rings. The van der Waals surface area contributed by atoms with E-state index < -0.39 is 12.1 Å². The summed E-state index contributed by atoms with van der Waals surface area (Å²) >= 11 is 0. The zero-order valence-corrected chi connectivity index (χ0v) is 60.7. The van der Waals surface area contributed by atoms with Crippen LogP contribution in [0.3, 0.4) is 0 Å². The number of amides is 1. The molecule has 6 nitrogen and oxygen atoms in total. The molecule has 1 amide bonds. The average Bonchev–Trinajstić information content (AvgIpc) is 3.67. The van der Waals surface area contributed by atoms with Gasteiger partial charge in [-0.05, 0) is 57.8 Å². The summed E-state index contributed by atoms with van der Waals surface area (Å²) in [5.41, 5.74) is 0. The van der Waals surface area contributed by atoms with Crippen molar-refractivity contribution < 1.29 is 24.5 Å². The van der Waals surface area contributed by atoms with Crippen LogP contribution in [0.4, 0.5) is 0 Å². The fourth-order valence-electron chi connectivity index (χ4n) is 13.3. The first-order valence-corrected chi connectivity index (χ1v) is 41.1. The quantitative estimate of drug-likeness (QED) is 0.0320. The summed E-state index contributed by atoms with van der Waals surface area (Å²) in [5, 5.41) is 23.4. The standard InChI is InChI=1S/C83H161NO5/c1-3-5-7-9-11-13-15-17-19-20-21-41-44-48-51-55-59-63-67-71-75-81(86)80(79-85)84-82(87)76-72-68-64-60-56-52-49-45-42-39-37-35-33-31-29-27-25-23-22-24-26-28-30-32-34-36-38-40-43-46-50-54-58-62-66-70-74-78-89-83(88)77-73-69-65-61-57-53-47-18-16-14-12-10-8-6-4-2/h22,24,28,30,80-81,85-86H,3-21,23,25-27,29,31-79H2,1-2H3,(H,84,87)/b24-22-,30-28-. The Morgan fingerprint density at radius 1 is 0.315 bits per heavy atom. The van der Waals surface area contributed by atoms with Gasteiger partial charge in [-0.3, -0.25) is 9.59 Å². The maximum atomic E-state index is 12.6. The molecule has 6 heteroatoms. The average molecular weight is 1250 g/mol. The van der Waals surface area contributed by atoms with Gasteiger partial charge in [0.25, 0.3) is 0 Å². The van der Waals surface area contributed by atoms with E-state index in [9.17, 15) is 19.8 Å². The molecule has 0 saturated heterocycles. The largest absolute Gasteiger partial charge is 0.466 e. The summed E-state index contributed by atoms with van der Waals surface area (Å²) < 4.78 is 5.51. The second-order valence-corrected chi connectivity index (χ2v) is 28.5. The molecule has 0 aliphatic carbocycles. The van der Waals surface area contributed by atoms with Gasteiger partial charge in [0.2, 0.25) is 5.91 Å². The maximum absolute atomic E-state index is 12.6. The fraction of sp³-hybridized carbons (Fsp3) is 0.928. The molecule has 0 heterocycles. The highest BCUT2D eigenvalue weighted by Gasteiger charge is 2.20. The van der Waals surface area contributed by atoms with E-state index in [2.05, 4.69) is 43.5 Å². The zero-order valence-electron chi connectivity index (χ0n) is 60.7. The molecule has 0 aromatic carbocycles. The van der Waals surface area contributed by atoms with Crippen LogP contribution >= 0.6 is 0 Å². The molecule has 0 aliphatic heterocycles. The Bertz CT molecular complexity index is 1400. The lowest BCUT2D eigenvalue weighted by Crippen LogP contribution is -2.45. The molecule has 2 unspecified atom stereocenters. The highest BCUT2D eigenvalue weighted by Crippen LogP contribution is 2.20. The van der Waals surface area contributed by atoms with Crippen molar-refractivity contribution in [3.8, 4) is 0 Å². The lowest BCUT2D eigenvalue weighted by Gasteiger charge is -2.22. The van der Waals surface area contributed by atoms with E-state index in [4.69, 9.17) is 4.74 Å². The number of aliphatic hydroxyl groups excluding tert-OH is 2. The number of esters is 1. The number of rotatable bonds is 78. The Morgan fingerprint density at radius 3 is 0.854 bits per heavy atom. The van der Waals surface area contributed by atoms with Crippen LogP contribution in [0.5, 0.6) is 0 Å². The predicted octanol–water partition coefficient (Wildman–Crippen LogP) is 27.2. The van der Waals surface area contributed by atoms with Crippen molar-refractivity contribution in [2.45, 2.75) is 482 Å². The van der Waals surface area contributed by atoms with E-state index in [1.165, 1.54) is 392 Å². The van der Waals surface area contributed by atoms with Crippen molar-refractivity contribution in [3.05, 3.63) is 24.3 Å². The van der Waals surface area contributed by atoms with Gasteiger partial charge < -0.3 is 20.3 Å². The Hall–Kier alpha value is -1.66. The van der Waals surface area contributed by atoms with Gasteiger partial charge in [0, 0.05) is 12.8 Å². The molecule has 0 saturated carbocycles. The first-order valence-electron chi connectivity index (χ1n) is 41.1. The van der Waals surface area contributed by atoms with Gasteiger partial charge >= 0.3 is 5.97 Å². The number of allylic oxidation sites excluding steroid dienone is 4. The normalized spacial score (nSPS) is 12.5. The molecule has 0 radical (unpaired) electrons. The molecule has 0 bridgehead atoms. The lowest BCUT2D eigenvalue weighted by atomic mass is 10.0. The lowest BCUT2D eigenvalue weighted by molar-refractivity contribution is -0.143. The molecule has 528 valence electrons. The molecule has 0 spiro atoms. The SMILES string of the molecule is CCCCCCCCCCCCCCCCCCCCCCC(O)C(CO)NC(=O)CCCCCCCCCCCCCCCCCCC/C=C\C/C=C\CCCCCCCCCCCCCCCOC(=O)CCCCCCCCCCCCCCCCC. The monoisotopic (exact) mass is 1250 g/mol. The summed E-state index contributed by atoms with van der Waals surface area (Å²) in [6, 6.07) is -0.540. The number of unbranched alkanes of at least 4 members (excludes halogenated alkanes) is 63. The van der Waals surface area contributed by atoms with Crippen LogP contribution in [-0.2, 0) is 14.3 Å². The van der Waals surface area contributed by atoms with Crippen LogP contribution in [0.2, 0.25) is 0 Å². The number of ether oxygens (including phenoxy) is 1.